The van der Waals surface area contributed by atoms with E-state index in [9.17, 15) is 4.79 Å². The molecule has 0 aliphatic heterocycles. The average molecular weight is 277 g/mol. The summed E-state index contributed by atoms with van der Waals surface area (Å²) in [5.74, 6) is 0.779. The van der Waals surface area contributed by atoms with Gasteiger partial charge < -0.3 is 9.72 Å². The number of hydrogen-bond acceptors (Lipinski definition) is 2. The van der Waals surface area contributed by atoms with Crippen molar-refractivity contribution < 1.29 is 4.74 Å². The SMILES string of the molecule is O=c1cc[nH]c(-c2cccc(OCc3ccccc3)c2)c1. The quantitative estimate of drug-likeness (QED) is 0.791. The van der Waals surface area contributed by atoms with Gasteiger partial charge in [0.25, 0.3) is 0 Å². The largest absolute Gasteiger partial charge is 0.489 e. The number of ether oxygens (including phenoxy) is 1. The van der Waals surface area contributed by atoms with Crippen LogP contribution in [0.2, 0.25) is 0 Å². The summed E-state index contributed by atoms with van der Waals surface area (Å²) < 4.78 is 5.79. The first kappa shape index (κ1) is 13.2. The highest BCUT2D eigenvalue weighted by Gasteiger charge is 2.01. The maximum absolute atomic E-state index is 11.4. The van der Waals surface area contributed by atoms with Crippen molar-refractivity contribution in [1.29, 1.82) is 0 Å². The molecule has 0 amide bonds. The Morgan fingerprint density at radius 1 is 0.905 bits per heavy atom. The molecule has 0 aliphatic carbocycles. The summed E-state index contributed by atoms with van der Waals surface area (Å²) in [4.78, 5) is 14.5. The standard InChI is InChI=1S/C18H15NO2/c20-16-9-10-19-18(12-16)15-7-4-8-17(11-15)21-13-14-5-2-1-3-6-14/h1-12H,13H2,(H,19,20). The predicted octanol–water partition coefficient (Wildman–Crippen LogP) is 3.62. The fourth-order valence-electron chi connectivity index (χ4n) is 2.11. The molecule has 0 aliphatic rings. The highest BCUT2D eigenvalue weighted by molar-refractivity contribution is 5.60. The summed E-state index contributed by atoms with van der Waals surface area (Å²) in [5.41, 5.74) is 2.82. The van der Waals surface area contributed by atoms with Gasteiger partial charge in [0.05, 0.1) is 0 Å². The summed E-state index contributed by atoms with van der Waals surface area (Å²) in [6.45, 7) is 0.523. The van der Waals surface area contributed by atoms with Gasteiger partial charge in [0.15, 0.2) is 5.43 Å². The van der Waals surface area contributed by atoms with E-state index in [0.717, 1.165) is 22.6 Å². The van der Waals surface area contributed by atoms with Crippen LogP contribution in [0, 0.1) is 0 Å². The Kier molecular flexibility index (Phi) is 3.83. The fraction of sp³-hybridized carbons (Fsp3) is 0.0556. The minimum atomic E-state index is -0.0145. The van der Waals surface area contributed by atoms with Crippen molar-refractivity contribution in [3.8, 4) is 17.0 Å². The molecule has 21 heavy (non-hydrogen) atoms. The zero-order valence-electron chi connectivity index (χ0n) is 11.5. The lowest BCUT2D eigenvalue weighted by molar-refractivity contribution is 0.306. The average Bonchev–Trinajstić information content (AvgIpc) is 2.54. The molecule has 0 bridgehead atoms. The number of hydrogen-bond donors (Lipinski definition) is 1. The topological polar surface area (TPSA) is 42.1 Å². The summed E-state index contributed by atoms with van der Waals surface area (Å²) in [7, 11) is 0. The first-order valence-electron chi connectivity index (χ1n) is 6.77. The maximum Gasteiger partial charge on any atom is 0.182 e. The Labute approximate surface area is 122 Å². The van der Waals surface area contributed by atoms with E-state index in [0.29, 0.717) is 6.61 Å². The molecule has 0 radical (unpaired) electrons. The van der Waals surface area contributed by atoms with Crippen LogP contribution in [0.1, 0.15) is 5.56 Å². The molecule has 0 spiro atoms. The van der Waals surface area contributed by atoms with Crippen molar-refractivity contribution in [2.45, 2.75) is 6.61 Å². The van der Waals surface area contributed by atoms with Crippen molar-refractivity contribution in [1.82, 2.24) is 4.98 Å². The maximum atomic E-state index is 11.4. The fourth-order valence-corrected chi connectivity index (χ4v) is 2.11. The molecule has 3 nitrogen and oxygen atoms in total. The molecule has 0 fully saturated rings. The molecule has 3 aromatic rings. The minimum absolute atomic E-state index is 0.0145. The van der Waals surface area contributed by atoms with Gasteiger partial charge in [0.2, 0.25) is 0 Å². The molecule has 0 saturated heterocycles. The Balaban J connectivity index is 1.79. The van der Waals surface area contributed by atoms with E-state index in [1.54, 1.807) is 12.3 Å². The summed E-state index contributed by atoms with van der Waals surface area (Å²) in [6.07, 6.45) is 1.65. The van der Waals surface area contributed by atoms with Gasteiger partial charge in [-0.2, -0.15) is 0 Å². The van der Waals surface area contributed by atoms with Gasteiger partial charge in [-0.05, 0) is 17.7 Å². The van der Waals surface area contributed by atoms with E-state index >= 15 is 0 Å². The Morgan fingerprint density at radius 2 is 1.76 bits per heavy atom. The number of nitrogens with one attached hydrogen (secondary N) is 1. The van der Waals surface area contributed by atoms with Crippen molar-refractivity contribution in [3.05, 3.63) is 88.7 Å². The van der Waals surface area contributed by atoms with Crippen LogP contribution in [-0.2, 0) is 6.61 Å². The number of aromatic nitrogens is 1. The lowest BCUT2D eigenvalue weighted by atomic mass is 10.1. The van der Waals surface area contributed by atoms with Gasteiger partial charge in [-0.25, -0.2) is 0 Å². The highest BCUT2D eigenvalue weighted by atomic mass is 16.5. The lowest BCUT2D eigenvalue weighted by Gasteiger charge is -2.08. The summed E-state index contributed by atoms with van der Waals surface area (Å²) in [5, 5.41) is 0. The summed E-state index contributed by atoms with van der Waals surface area (Å²) in [6, 6.07) is 20.8. The molecule has 3 rings (SSSR count). The van der Waals surface area contributed by atoms with Crippen molar-refractivity contribution in [3.63, 3.8) is 0 Å². The Bertz CT molecular complexity index is 778. The molecule has 1 heterocycles. The number of aromatic amines is 1. The lowest BCUT2D eigenvalue weighted by Crippen LogP contribution is -1.98. The second-order valence-electron chi connectivity index (χ2n) is 4.74. The van der Waals surface area contributed by atoms with E-state index < -0.39 is 0 Å². The van der Waals surface area contributed by atoms with Crippen LogP contribution in [0.15, 0.2) is 77.7 Å². The summed E-state index contributed by atoms with van der Waals surface area (Å²) >= 11 is 0. The van der Waals surface area contributed by atoms with Crippen LogP contribution in [0.3, 0.4) is 0 Å². The highest BCUT2D eigenvalue weighted by Crippen LogP contribution is 2.21. The van der Waals surface area contributed by atoms with Crippen LogP contribution >= 0.6 is 0 Å². The molecule has 0 atom stereocenters. The molecule has 1 N–H and O–H groups in total. The van der Waals surface area contributed by atoms with E-state index in [1.807, 2.05) is 54.6 Å². The van der Waals surface area contributed by atoms with Crippen LogP contribution in [0.4, 0.5) is 0 Å². The van der Waals surface area contributed by atoms with Crippen LogP contribution < -0.4 is 10.2 Å². The smallest absolute Gasteiger partial charge is 0.182 e. The molecule has 1 aromatic heterocycles. The first-order chi connectivity index (χ1) is 10.3. The Hall–Kier alpha value is -2.81. The normalized spacial score (nSPS) is 10.3. The molecular weight excluding hydrogens is 262 g/mol. The third-order valence-corrected chi connectivity index (χ3v) is 3.17. The van der Waals surface area contributed by atoms with E-state index in [1.165, 1.54) is 6.07 Å². The van der Waals surface area contributed by atoms with Gasteiger partial charge >= 0.3 is 0 Å². The third kappa shape index (κ3) is 3.39. The number of benzene rings is 2. The molecular formula is C18H15NO2. The molecule has 3 heteroatoms. The van der Waals surface area contributed by atoms with E-state index in [2.05, 4.69) is 4.98 Å². The second kappa shape index (κ2) is 6.09. The molecule has 2 aromatic carbocycles. The van der Waals surface area contributed by atoms with Gasteiger partial charge in [0, 0.05) is 29.6 Å². The van der Waals surface area contributed by atoms with Gasteiger partial charge in [0.1, 0.15) is 12.4 Å². The predicted molar refractivity (Wildman–Crippen MR) is 83.3 cm³/mol. The van der Waals surface area contributed by atoms with Gasteiger partial charge in [-0.3, -0.25) is 4.79 Å². The third-order valence-electron chi connectivity index (χ3n) is 3.17. The Morgan fingerprint density at radius 3 is 2.57 bits per heavy atom. The second-order valence-corrected chi connectivity index (χ2v) is 4.74. The molecule has 104 valence electrons. The van der Waals surface area contributed by atoms with E-state index in [-0.39, 0.29) is 5.43 Å². The monoisotopic (exact) mass is 277 g/mol. The van der Waals surface area contributed by atoms with E-state index in [4.69, 9.17) is 4.74 Å². The van der Waals surface area contributed by atoms with Crippen molar-refractivity contribution >= 4 is 0 Å². The molecule has 0 saturated carbocycles. The van der Waals surface area contributed by atoms with Gasteiger partial charge in [-0.1, -0.05) is 42.5 Å². The number of rotatable bonds is 4. The van der Waals surface area contributed by atoms with Crippen LogP contribution in [0.5, 0.6) is 5.75 Å². The zero-order valence-corrected chi connectivity index (χ0v) is 11.5. The first-order valence-corrected chi connectivity index (χ1v) is 6.77. The minimum Gasteiger partial charge on any atom is -0.489 e. The zero-order chi connectivity index (χ0) is 14.5. The van der Waals surface area contributed by atoms with Crippen molar-refractivity contribution in [2.24, 2.45) is 0 Å². The van der Waals surface area contributed by atoms with Crippen LogP contribution in [0.25, 0.3) is 11.3 Å². The van der Waals surface area contributed by atoms with Gasteiger partial charge in [-0.15, -0.1) is 0 Å². The molecule has 0 unspecified atom stereocenters. The van der Waals surface area contributed by atoms with Crippen LogP contribution in [-0.4, -0.2) is 4.98 Å². The van der Waals surface area contributed by atoms with Crippen molar-refractivity contribution in [2.75, 3.05) is 0 Å². The number of pyridine rings is 1. The number of H-pyrrole nitrogens is 1.